The van der Waals surface area contributed by atoms with Crippen LogP contribution in [0.25, 0.3) is 10.8 Å². The number of aromatic nitrogens is 1. The topological polar surface area (TPSA) is 24.9 Å². The predicted molar refractivity (Wildman–Crippen MR) is 71.2 cm³/mol. The van der Waals surface area contributed by atoms with Crippen LogP contribution in [0.2, 0.25) is 0 Å². The first-order valence-corrected chi connectivity index (χ1v) is 6.34. The highest BCUT2D eigenvalue weighted by Gasteiger charge is 2.30. The smallest absolute Gasteiger partial charge is 0.0346 e. The molecule has 1 aromatic carbocycles. The molecule has 0 spiro atoms. The third kappa shape index (κ3) is 1.83. The van der Waals surface area contributed by atoms with E-state index in [0.29, 0.717) is 18.0 Å². The summed E-state index contributed by atoms with van der Waals surface area (Å²) in [4.78, 5) is 4.39. The van der Waals surface area contributed by atoms with E-state index in [1.54, 1.807) is 0 Å². The second kappa shape index (κ2) is 4.11. The molecular weight excluding hydrogens is 208 g/mol. The number of hydrogen-bond acceptors (Lipinski definition) is 2. The number of fused-ring (bicyclic) bond motifs is 1. The summed E-state index contributed by atoms with van der Waals surface area (Å²) in [5, 5.41) is 6.21. The number of nitrogens with zero attached hydrogens (tertiary/aromatic N) is 1. The first kappa shape index (κ1) is 10.7. The summed E-state index contributed by atoms with van der Waals surface area (Å²) in [5.41, 5.74) is 1.40. The molecule has 1 fully saturated rings. The van der Waals surface area contributed by atoms with E-state index in [1.807, 2.05) is 12.4 Å². The van der Waals surface area contributed by atoms with Crippen molar-refractivity contribution in [1.29, 1.82) is 0 Å². The first-order chi connectivity index (χ1) is 8.25. The molecule has 2 heteroatoms. The van der Waals surface area contributed by atoms with Crippen molar-refractivity contribution in [2.24, 2.45) is 0 Å². The molecule has 1 aliphatic heterocycles. The molecule has 0 saturated carbocycles. The third-order valence-electron chi connectivity index (χ3n) is 3.86. The molecule has 1 aliphatic rings. The maximum absolute atomic E-state index is 4.39. The van der Waals surface area contributed by atoms with Crippen LogP contribution in [0, 0.1) is 0 Å². The zero-order valence-electron chi connectivity index (χ0n) is 10.4. The minimum Gasteiger partial charge on any atom is -0.311 e. The lowest BCUT2D eigenvalue weighted by Crippen LogP contribution is -2.26. The molecule has 1 saturated heterocycles. The summed E-state index contributed by atoms with van der Waals surface area (Å²) >= 11 is 0. The minimum absolute atomic E-state index is 0.539. The summed E-state index contributed by atoms with van der Waals surface area (Å²) < 4.78 is 0. The highest BCUT2D eigenvalue weighted by atomic mass is 15.0. The molecule has 1 N–H and O–H groups in total. The maximum atomic E-state index is 4.39. The van der Waals surface area contributed by atoms with Gasteiger partial charge in [-0.15, -0.1) is 0 Å². The summed E-state index contributed by atoms with van der Waals surface area (Å²) in [6.07, 6.45) is 5.20. The monoisotopic (exact) mass is 226 g/mol. The number of benzene rings is 1. The third-order valence-corrected chi connectivity index (χ3v) is 3.86. The van der Waals surface area contributed by atoms with Gasteiger partial charge in [-0.25, -0.2) is 0 Å². The molecule has 0 aliphatic carbocycles. The largest absolute Gasteiger partial charge is 0.311 e. The fourth-order valence-corrected chi connectivity index (χ4v) is 3.05. The van der Waals surface area contributed by atoms with Crippen molar-refractivity contribution < 1.29 is 0 Å². The lowest BCUT2D eigenvalue weighted by atomic mass is 9.89. The van der Waals surface area contributed by atoms with Crippen molar-refractivity contribution in [2.45, 2.75) is 38.3 Å². The van der Waals surface area contributed by atoms with Crippen LogP contribution < -0.4 is 5.32 Å². The van der Waals surface area contributed by atoms with Gasteiger partial charge in [-0.2, -0.15) is 0 Å². The minimum atomic E-state index is 0.539. The molecule has 0 amide bonds. The molecular formula is C15H18N2. The van der Waals surface area contributed by atoms with Crippen LogP contribution in [-0.2, 0) is 0 Å². The molecule has 0 bridgehead atoms. The van der Waals surface area contributed by atoms with Crippen molar-refractivity contribution in [1.82, 2.24) is 10.3 Å². The van der Waals surface area contributed by atoms with Crippen molar-refractivity contribution in [2.75, 3.05) is 0 Å². The average molecular weight is 226 g/mol. The van der Waals surface area contributed by atoms with E-state index < -0.39 is 0 Å². The molecule has 2 heterocycles. The Morgan fingerprint density at radius 2 is 2.00 bits per heavy atom. The Bertz CT molecular complexity index is 530. The predicted octanol–water partition coefficient (Wildman–Crippen LogP) is 3.09. The van der Waals surface area contributed by atoms with Gasteiger partial charge in [0.2, 0.25) is 0 Å². The van der Waals surface area contributed by atoms with Gasteiger partial charge in [-0.05, 0) is 31.2 Å². The molecule has 3 atom stereocenters. The van der Waals surface area contributed by atoms with Crippen LogP contribution >= 0.6 is 0 Å². The van der Waals surface area contributed by atoms with Gasteiger partial charge >= 0.3 is 0 Å². The summed E-state index contributed by atoms with van der Waals surface area (Å²) in [5.74, 6) is 0.587. The summed E-state index contributed by atoms with van der Waals surface area (Å²) in [6, 6.07) is 9.69. The fraction of sp³-hybridized carbons (Fsp3) is 0.400. The Balaban J connectivity index is 2.11. The van der Waals surface area contributed by atoms with E-state index in [2.05, 4.69) is 48.4 Å². The zero-order valence-corrected chi connectivity index (χ0v) is 10.4. The van der Waals surface area contributed by atoms with Crippen molar-refractivity contribution >= 4 is 10.8 Å². The second-order valence-electron chi connectivity index (χ2n) is 5.15. The van der Waals surface area contributed by atoms with Crippen molar-refractivity contribution in [3.8, 4) is 0 Å². The van der Waals surface area contributed by atoms with Gasteiger partial charge in [0, 0.05) is 35.8 Å². The molecule has 0 radical (unpaired) electrons. The van der Waals surface area contributed by atoms with Gasteiger partial charge in [0.1, 0.15) is 0 Å². The Morgan fingerprint density at radius 1 is 1.18 bits per heavy atom. The van der Waals surface area contributed by atoms with Gasteiger partial charge in [0.25, 0.3) is 0 Å². The van der Waals surface area contributed by atoms with Crippen molar-refractivity contribution in [3.63, 3.8) is 0 Å². The Kier molecular flexibility index (Phi) is 2.60. The Morgan fingerprint density at radius 3 is 2.76 bits per heavy atom. The molecule has 88 valence electrons. The van der Waals surface area contributed by atoms with Crippen LogP contribution in [-0.4, -0.2) is 17.1 Å². The van der Waals surface area contributed by atoms with E-state index in [9.17, 15) is 0 Å². The maximum Gasteiger partial charge on any atom is 0.0346 e. The number of rotatable bonds is 1. The lowest BCUT2D eigenvalue weighted by Gasteiger charge is -2.17. The molecule has 1 aromatic heterocycles. The standard InChI is InChI=1S/C15H18N2/c1-10-7-14(11(2)17-10)15-9-16-8-12-5-3-4-6-13(12)15/h3-6,8-11,14,17H,7H2,1-2H3. The summed E-state index contributed by atoms with van der Waals surface area (Å²) in [7, 11) is 0. The van der Waals surface area contributed by atoms with E-state index in [-0.39, 0.29) is 0 Å². The van der Waals surface area contributed by atoms with Crippen LogP contribution in [0.4, 0.5) is 0 Å². The Labute approximate surface area is 102 Å². The van der Waals surface area contributed by atoms with Crippen LogP contribution in [0.15, 0.2) is 36.7 Å². The molecule has 2 aromatic rings. The molecule has 2 nitrogen and oxygen atoms in total. The van der Waals surface area contributed by atoms with Crippen molar-refractivity contribution in [3.05, 3.63) is 42.2 Å². The zero-order chi connectivity index (χ0) is 11.8. The highest BCUT2D eigenvalue weighted by Crippen LogP contribution is 2.34. The van der Waals surface area contributed by atoms with E-state index in [1.165, 1.54) is 22.8 Å². The number of hydrogen-bond donors (Lipinski definition) is 1. The van der Waals surface area contributed by atoms with Crippen LogP contribution in [0.3, 0.4) is 0 Å². The van der Waals surface area contributed by atoms with Gasteiger partial charge in [0.05, 0.1) is 0 Å². The van der Waals surface area contributed by atoms with E-state index in [0.717, 1.165) is 0 Å². The summed E-state index contributed by atoms with van der Waals surface area (Å²) in [6.45, 7) is 4.53. The van der Waals surface area contributed by atoms with Crippen LogP contribution in [0.5, 0.6) is 0 Å². The molecule has 3 rings (SSSR count). The molecule has 17 heavy (non-hydrogen) atoms. The SMILES string of the molecule is CC1CC(c2cncc3ccccc23)C(C)N1. The highest BCUT2D eigenvalue weighted by molar-refractivity contribution is 5.85. The van der Waals surface area contributed by atoms with Gasteiger partial charge < -0.3 is 5.32 Å². The fourth-order valence-electron chi connectivity index (χ4n) is 3.05. The first-order valence-electron chi connectivity index (χ1n) is 6.34. The second-order valence-corrected chi connectivity index (χ2v) is 5.15. The normalized spacial score (nSPS) is 28.7. The number of nitrogens with one attached hydrogen (secondary N) is 1. The van der Waals surface area contributed by atoms with Gasteiger partial charge in [-0.3, -0.25) is 4.98 Å². The van der Waals surface area contributed by atoms with E-state index in [4.69, 9.17) is 0 Å². The molecule has 3 unspecified atom stereocenters. The quantitative estimate of drug-likeness (QED) is 0.808. The van der Waals surface area contributed by atoms with Gasteiger partial charge in [-0.1, -0.05) is 24.3 Å². The Hall–Kier alpha value is -1.41. The van der Waals surface area contributed by atoms with E-state index >= 15 is 0 Å². The number of pyridine rings is 1. The average Bonchev–Trinajstić information content (AvgIpc) is 2.68. The van der Waals surface area contributed by atoms with Crippen LogP contribution in [0.1, 0.15) is 31.7 Å². The lowest BCUT2D eigenvalue weighted by molar-refractivity contribution is 0.575. The van der Waals surface area contributed by atoms with Gasteiger partial charge in [0.15, 0.2) is 0 Å².